The van der Waals surface area contributed by atoms with Gasteiger partial charge in [-0.3, -0.25) is 0 Å². The molecule has 2 atom stereocenters. The fraction of sp³-hybridized carbons (Fsp3) is 1.00. The standard InChI is InChI=1S/C14H25N/c1-2-5-12(6-3-1)9-15-10-13-7-4-8-14(13)11-15/h12-14H,1-11H2. The van der Waals surface area contributed by atoms with Crippen molar-refractivity contribution in [3.63, 3.8) is 0 Å². The van der Waals surface area contributed by atoms with Crippen molar-refractivity contribution in [3.05, 3.63) is 0 Å². The lowest BCUT2D eigenvalue weighted by Gasteiger charge is -2.27. The van der Waals surface area contributed by atoms with Crippen molar-refractivity contribution < 1.29 is 0 Å². The molecule has 0 aromatic carbocycles. The van der Waals surface area contributed by atoms with Crippen LogP contribution in [-0.4, -0.2) is 24.5 Å². The quantitative estimate of drug-likeness (QED) is 0.671. The summed E-state index contributed by atoms with van der Waals surface area (Å²) in [5.41, 5.74) is 0. The van der Waals surface area contributed by atoms with E-state index in [1.165, 1.54) is 71.0 Å². The number of likely N-dealkylation sites (tertiary alicyclic amines) is 1. The third-order valence-corrected chi connectivity index (χ3v) is 5.04. The van der Waals surface area contributed by atoms with Crippen LogP contribution in [-0.2, 0) is 0 Å². The molecular formula is C14H25N. The molecule has 3 rings (SSSR count). The van der Waals surface area contributed by atoms with E-state index in [0.29, 0.717) is 0 Å². The Morgan fingerprint density at radius 1 is 0.733 bits per heavy atom. The van der Waals surface area contributed by atoms with Crippen molar-refractivity contribution in [2.75, 3.05) is 19.6 Å². The van der Waals surface area contributed by atoms with Crippen LogP contribution >= 0.6 is 0 Å². The molecule has 2 unspecified atom stereocenters. The molecule has 3 aliphatic rings. The molecule has 1 nitrogen and oxygen atoms in total. The highest BCUT2D eigenvalue weighted by Gasteiger charge is 2.36. The maximum absolute atomic E-state index is 2.80. The topological polar surface area (TPSA) is 3.24 Å². The van der Waals surface area contributed by atoms with Gasteiger partial charge in [-0.25, -0.2) is 0 Å². The number of nitrogens with zero attached hydrogens (tertiary/aromatic N) is 1. The summed E-state index contributed by atoms with van der Waals surface area (Å²) >= 11 is 0. The summed E-state index contributed by atoms with van der Waals surface area (Å²) in [6.07, 6.45) is 12.1. The molecule has 86 valence electrons. The predicted octanol–water partition coefficient (Wildman–Crippen LogP) is 3.30. The van der Waals surface area contributed by atoms with Crippen molar-refractivity contribution in [3.8, 4) is 0 Å². The van der Waals surface area contributed by atoms with E-state index in [2.05, 4.69) is 4.90 Å². The first kappa shape index (κ1) is 10.1. The maximum atomic E-state index is 2.80. The first-order valence-corrected chi connectivity index (χ1v) is 7.14. The average Bonchev–Trinajstić information content (AvgIpc) is 2.79. The van der Waals surface area contributed by atoms with Crippen molar-refractivity contribution in [1.82, 2.24) is 4.90 Å². The van der Waals surface area contributed by atoms with Gasteiger partial charge in [0.1, 0.15) is 0 Å². The van der Waals surface area contributed by atoms with Gasteiger partial charge in [-0.05, 0) is 43.4 Å². The predicted molar refractivity (Wildman–Crippen MR) is 63.8 cm³/mol. The normalized spacial score (nSPS) is 38.4. The van der Waals surface area contributed by atoms with Gasteiger partial charge in [-0.2, -0.15) is 0 Å². The highest BCUT2D eigenvalue weighted by molar-refractivity contribution is 4.89. The molecule has 1 saturated heterocycles. The lowest BCUT2D eigenvalue weighted by atomic mass is 9.89. The third-order valence-electron chi connectivity index (χ3n) is 5.04. The van der Waals surface area contributed by atoms with E-state index < -0.39 is 0 Å². The molecule has 3 fully saturated rings. The highest BCUT2D eigenvalue weighted by atomic mass is 15.2. The van der Waals surface area contributed by atoms with Crippen molar-refractivity contribution in [2.24, 2.45) is 17.8 Å². The van der Waals surface area contributed by atoms with E-state index in [9.17, 15) is 0 Å². The molecule has 1 heterocycles. The molecule has 2 saturated carbocycles. The smallest absolute Gasteiger partial charge is 0.00130 e. The minimum Gasteiger partial charge on any atom is -0.302 e. The molecule has 0 aromatic rings. The summed E-state index contributed by atoms with van der Waals surface area (Å²) in [5, 5.41) is 0. The van der Waals surface area contributed by atoms with Crippen LogP contribution in [0.25, 0.3) is 0 Å². The Bertz CT molecular complexity index is 195. The lowest BCUT2D eigenvalue weighted by Crippen LogP contribution is -2.29. The maximum Gasteiger partial charge on any atom is 0.00130 e. The van der Waals surface area contributed by atoms with Gasteiger partial charge in [0.25, 0.3) is 0 Å². The molecule has 0 bridgehead atoms. The van der Waals surface area contributed by atoms with Gasteiger partial charge in [-0.1, -0.05) is 25.7 Å². The SMILES string of the molecule is C1CCC(CN2CC3CCCC3C2)CC1. The van der Waals surface area contributed by atoms with Crippen LogP contribution in [0.15, 0.2) is 0 Å². The lowest BCUT2D eigenvalue weighted by molar-refractivity contribution is 0.222. The van der Waals surface area contributed by atoms with Crippen molar-refractivity contribution >= 4 is 0 Å². The zero-order valence-corrected chi connectivity index (χ0v) is 9.96. The van der Waals surface area contributed by atoms with Crippen LogP contribution < -0.4 is 0 Å². The van der Waals surface area contributed by atoms with Gasteiger partial charge in [0.2, 0.25) is 0 Å². The Morgan fingerprint density at radius 3 is 2.07 bits per heavy atom. The second-order valence-electron chi connectivity index (χ2n) is 6.17. The Labute approximate surface area is 94.2 Å². The van der Waals surface area contributed by atoms with Crippen molar-refractivity contribution in [2.45, 2.75) is 51.4 Å². The first-order valence-electron chi connectivity index (χ1n) is 7.14. The highest BCUT2D eigenvalue weighted by Crippen LogP contribution is 2.38. The fourth-order valence-corrected chi connectivity index (χ4v) is 4.22. The Kier molecular flexibility index (Phi) is 3.01. The Balaban J connectivity index is 1.48. The fourth-order valence-electron chi connectivity index (χ4n) is 4.22. The Morgan fingerprint density at radius 2 is 1.40 bits per heavy atom. The molecule has 0 radical (unpaired) electrons. The molecule has 15 heavy (non-hydrogen) atoms. The number of fused-ring (bicyclic) bond motifs is 1. The zero-order chi connectivity index (χ0) is 10.1. The monoisotopic (exact) mass is 207 g/mol. The molecule has 0 aromatic heterocycles. The molecule has 1 heteroatoms. The van der Waals surface area contributed by atoms with Crippen LogP contribution in [0.5, 0.6) is 0 Å². The van der Waals surface area contributed by atoms with E-state index >= 15 is 0 Å². The summed E-state index contributed by atoms with van der Waals surface area (Å²) < 4.78 is 0. The van der Waals surface area contributed by atoms with Crippen LogP contribution in [0.4, 0.5) is 0 Å². The Hall–Kier alpha value is -0.0400. The molecule has 0 amide bonds. The second kappa shape index (κ2) is 4.45. The first-order chi connectivity index (χ1) is 7.42. The van der Waals surface area contributed by atoms with Gasteiger partial charge < -0.3 is 4.90 Å². The van der Waals surface area contributed by atoms with E-state index in [0.717, 1.165) is 17.8 Å². The summed E-state index contributed by atoms with van der Waals surface area (Å²) in [7, 11) is 0. The van der Waals surface area contributed by atoms with Gasteiger partial charge in [0, 0.05) is 19.6 Å². The molecule has 0 N–H and O–H groups in total. The largest absolute Gasteiger partial charge is 0.302 e. The summed E-state index contributed by atoms with van der Waals surface area (Å²) in [6.45, 7) is 4.33. The molecule has 2 aliphatic carbocycles. The molecule has 1 aliphatic heterocycles. The summed E-state index contributed by atoms with van der Waals surface area (Å²) in [6, 6.07) is 0. The van der Waals surface area contributed by atoms with Gasteiger partial charge in [0.15, 0.2) is 0 Å². The summed E-state index contributed by atoms with van der Waals surface area (Å²) in [4.78, 5) is 2.80. The van der Waals surface area contributed by atoms with Gasteiger partial charge >= 0.3 is 0 Å². The minimum absolute atomic E-state index is 1.05. The van der Waals surface area contributed by atoms with Crippen molar-refractivity contribution in [1.29, 1.82) is 0 Å². The van der Waals surface area contributed by atoms with Crippen LogP contribution in [0.2, 0.25) is 0 Å². The second-order valence-corrected chi connectivity index (χ2v) is 6.17. The zero-order valence-electron chi connectivity index (χ0n) is 9.96. The van der Waals surface area contributed by atoms with E-state index in [1.54, 1.807) is 0 Å². The summed E-state index contributed by atoms with van der Waals surface area (Å²) in [5.74, 6) is 3.24. The number of rotatable bonds is 2. The van der Waals surface area contributed by atoms with E-state index in [-0.39, 0.29) is 0 Å². The average molecular weight is 207 g/mol. The van der Waals surface area contributed by atoms with Gasteiger partial charge in [-0.15, -0.1) is 0 Å². The number of hydrogen-bond acceptors (Lipinski definition) is 1. The van der Waals surface area contributed by atoms with E-state index in [1.807, 2.05) is 0 Å². The molecule has 0 spiro atoms. The minimum atomic E-state index is 1.05. The van der Waals surface area contributed by atoms with Crippen LogP contribution in [0.1, 0.15) is 51.4 Å². The van der Waals surface area contributed by atoms with E-state index in [4.69, 9.17) is 0 Å². The third kappa shape index (κ3) is 2.22. The number of hydrogen-bond donors (Lipinski definition) is 0. The van der Waals surface area contributed by atoms with Crippen LogP contribution in [0.3, 0.4) is 0 Å². The van der Waals surface area contributed by atoms with Crippen LogP contribution in [0, 0.1) is 17.8 Å². The molecular weight excluding hydrogens is 182 g/mol. The van der Waals surface area contributed by atoms with Gasteiger partial charge in [0.05, 0.1) is 0 Å².